The summed E-state index contributed by atoms with van der Waals surface area (Å²) in [4.78, 5) is 14.4. The van der Waals surface area contributed by atoms with Gasteiger partial charge in [0.15, 0.2) is 0 Å². The zero-order valence-corrected chi connectivity index (χ0v) is 8.41. The molecule has 5 heteroatoms. The van der Waals surface area contributed by atoms with E-state index in [-0.39, 0.29) is 6.42 Å². The quantitative estimate of drug-likeness (QED) is 0.817. The van der Waals surface area contributed by atoms with E-state index in [0.717, 1.165) is 5.56 Å². The summed E-state index contributed by atoms with van der Waals surface area (Å²) in [6.45, 7) is 0. The van der Waals surface area contributed by atoms with Crippen molar-refractivity contribution in [3.63, 3.8) is 0 Å². The van der Waals surface area contributed by atoms with Gasteiger partial charge in [-0.2, -0.15) is 0 Å². The average Bonchev–Trinajstić information content (AvgIpc) is 2.15. The Balaban J connectivity index is 2.71. The molecule has 0 aliphatic rings. The lowest BCUT2D eigenvalue weighted by Gasteiger charge is -2.03. The van der Waals surface area contributed by atoms with Crippen LogP contribution < -0.4 is 10.5 Å². The monoisotopic (exact) mass is 213 g/mol. The van der Waals surface area contributed by atoms with Crippen molar-refractivity contribution in [2.75, 3.05) is 7.11 Å². The Labute approximate surface area is 87.0 Å². The van der Waals surface area contributed by atoms with Crippen LogP contribution in [0.5, 0.6) is 5.88 Å². The maximum absolute atomic E-state index is 10.5. The van der Waals surface area contributed by atoms with Crippen LogP contribution in [0.4, 0.5) is 0 Å². The molecule has 1 rings (SSSR count). The van der Waals surface area contributed by atoms with Gasteiger partial charge in [0.1, 0.15) is 5.02 Å². The van der Waals surface area contributed by atoms with Crippen LogP contribution in [0.1, 0.15) is 12.0 Å². The van der Waals surface area contributed by atoms with Gasteiger partial charge in [-0.25, -0.2) is 4.98 Å². The van der Waals surface area contributed by atoms with Crippen molar-refractivity contribution in [1.82, 2.24) is 4.98 Å². The molecule has 0 spiro atoms. The van der Waals surface area contributed by atoms with Crippen molar-refractivity contribution in [2.45, 2.75) is 6.42 Å². The van der Waals surface area contributed by atoms with E-state index in [0.29, 0.717) is 10.9 Å². The van der Waals surface area contributed by atoms with Crippen LogP contribution in [0.25, 0.3) is 0 Å². The number of amides is 1. The fraction of sp³-hybridized carbons (Fsp3) is 0.222. The number of ether oxygens (including phenoxy) is 1. The number of hydrogen-bond acceptors (Lipinski definition) is 3. The fourth-order valence-electron chi connectivity index (χ4n) is 0.920. The van der Waals surface area contributed by atoms with Crippen LogP contribution in [0.3, 0.4) is 0 Å². The molecule has 2 N–H and O–H groups in total. The van der Waals surface area contributed by atoms with E-state index in [1.54, 1.807) is 18.7 Å². The third-order valence-corrected chi connectivity index (χ3v) is 1.83. The maximum Gasteiger partial charge on any atom is 0.232 e. The topological polar surface area (TPSA) is 65.2 Å². The molecular formula is C9H10ClN2O2. The second-order valence-corrected chi connectivity index (χ2v) is 3.04. The van der Waals surface area contributed by atoms with Crippen molar-refractivity contribution in [1.29, 1.82) is 0 Å². The minimum absolute atomic E-state index is 0.171. The summed E-state index contributed by atoms with van der Waals surface area (Å²) in [7, 11) is 1.49. The van der Waals surface area contributed by atoms with Gasteiger partial charge < -0.3 is 10.5 Å². The Morgan fingerprint density at radius 2 is 2.50 bits per heavy atom. The van der Waals surface area contributed by atoms with Gasteiger partial charge in [-0.05, 0) is 11.6 Å². The molecule has 0 saturated heterocycles. The lowest BCUT2D eigenvalue weighted by Crippen LogP contribution is -2.10. The lowest BCUT2D eigenvalue weighted by atomic mass is 10.1. The van der Waals surface area contributed by atoms with Gasteiger partial charge in [-0.15, -0.1) is 0 Å². The summed E-state index contributed by atoms with van der Waals surface area (Å²) >= 11 is 5.82. The third kappa shape index (κ3) is 2.88. The molecule has 75 valence electrons. The summed E-state index contributed by atoms with van der Waals surface area (Å²) in [5, 5.41) is 0.408. The van der Waals surface area contributed by atoms with Gasteiger partial charge in [0.05, 0.1) is 7.11 Å². The van der Waals surface area contributed by atoms with Crippen molar-refractivity contribution in [2.24, 2.45) is 5.73 Å². The van der Waals surface area contributed by atoms with E-state index in [1.807, 2.05) is 0 Å². The molecule has 1 aromatic rings. The van der Waals surface area contributed by atoms with Crippen LogP contribution in [0, 0.1) is 6.42 Å². The number of carbonyl (C=O) groups is 1. The zero-order chi connectivity index (χ0) is 10.6. The molecule has 0 unspecified atom stereocenters. The number of pyridine rings is 1. The van der Waals surface area contributed by atoms with E-state index in [2.05, 4.69) is 4.98 Å². The maximum atomic E-state index is 10.5. The number of aromatic nitrogens is 1. The largest absolute Gasteiger partial charge is 0.480 e. The first-order valence-corrected chi connectivity index (χ1v) is 4.32. The molecule has 0 aliphatic heterocycles. The minimum Gasteiger partial charge on any atom is -0.480 e. The third-order valence-electron chi connectivity index (χ3n) is 1.56. The van der Waals surface area contributed by atoms with Crippen LogP contribution in [0.15, 0.2) is 12.3 Å². The normalized spacial score (nSPS) is 9.86. The second-order valence-electron chi connectivity index (χ2n) is 2.63. The first-order valence-electron chi connectivity index (χ1n) is 3.94. The van der Waals surface area contributed by atoms with Crippen LogP contribution >= 0.6 is 11.6 Å². The summed E-state index contributed by atoms with van der Waals surface area (Å²) < 4.78 is 4.88. The number of halogens is 1. The van der Waals surface area contributed by atoms with Gasteiger partial charge in [0.25, 0.3) is 0 Å². The number of hydrogen-bond donors (Lipinski definition) is 1. The second kappa shape index (κ2) is 4.81. The first kappa shape index (κ1) is 10.8. The average molecular weight is 214 g/mol. The molecule has 1 heterocycles. The van der Waals surface area contributed by atoms with Gasteiger partial charge in [0.2, 0.25) is 11.8 Å². The standard InChI is InChI=1S/C9H10ClN2O2/c1-14-9-7(10)4-6(5-12-9)2-3-8(11)13/h2,4-5H,3H2,1H3,(H2,11,13). The van der Waals surface area contributed by atoms with Crippen molar-refractivity contribution < 1.29 is 9.53 Å². The van der Waals surface area contributed by atoms with Crippen molar-refractivity contribution >= 4 is 17.5 Å². The predicted octanol–water partition coefficient (Wildman–Crippen LogP) is 1.17. The Morgan fingerprint density at radius 3 is 3.00 bits per heavy atom. The number of carbonyl (C=O) groups excluding carboxylic acids is 1. The van der Waals surface area contributed by atoms with Gasteiger partial charge in [-0.3, -0.25) is 4.79 Å². The summed E-state index contributed by atoms with van der Waals surface area (Å²) in [6, 6.07) is 1.66. The Kier molecular flexibility index (Phi) is 3.71. The van der Waals surface area contributed by atoms with Crippen LogP contribution in [-0.4, -0.2) is 18.0 Å². The van der Waals surface area contributed by atoms with Gasteiger partial charge in [-0.1, -0.05) is 11.6 Å². The highest BCUT2D eigenvalue weighted by molar-refractivity contribution is 6.31. The smallest absolute Gasteiger partial charge is 0.232 e. The number of nitrogens with zero attached hydrogens (tertiary/aromatic N) is 1. The molecule has 14 heavy (non-hydrogen) atoms. The molecular weight excluding hydrogens is 204 g/mol. The Bertz CT molecular complexity index is 342. The van der Waals surface area contributed by atoms with E-state index in [1.165, 1.54) is 7.11 Å². The van der Waals surface area contributed by atoms with Crippen LogP contribution in [0.2, 0.25) is 5.02 Å². The van der Waals surface area contributed by atoms with E-state index in [4.69, 9.17) is 22.1 Å². The predicted molar refractivity (Wildman–Crippen MR) is 53.0 cm³/mol. The van der Waals surface area contributed by atoms with Gasteiger partial charge in [0, 0.05) is 19.0 Å². The molecule has 0 saturated carbocycles. The van der Waals surface area contributed by atoms with Gasteiger partial charge >= 0.3 is 0 Å². The van der Waals surface area contributed by atoms with E-state index in [9.17, 15) is 4.79 Å². The summed E-state index contributed by atoms with van der Waals surface area (Å²) in [5.74, 6) is -0.0279. The molecule has 0 fully saturated rings. The van der Waals surface area contributed by atoms with Crippen LogP contribution in [-0.2, 0) is 4.79 Å². The molecule has 0 aliphatic carbocycles. The molecule has 1 amide bonds. The molecule has 0 atom stereocenters. The fourth-order valence-corrected chi connectivity index (χ4v) is 1.17. The highest BCUT2D eigenvalue weighted by atomic mass is 35.5. The molecule has 0 aromatic carbocycles. The summed E-state index contributed by atoms with van der Waals surface area (Å²) in [5.41, 5.74) is 5.73. The highest BCUT2D eigenvalue weighted by Gasteiger charge is 2.04. The van der Waals surface area contributed by atoms with E-state index >= 15 is 0 Å². The summed E-state index contributed by atoms with van der Waals surface area (Å²) in [6.07, 6.45) is 3.39. The van der Waals surface area contributed by atoms with Crippen molar-refractivity contribution in [3.8, 4) is 5.88 Å². The van der Waals surface area contributed by atoms with E-state index < -0.39 is 5.91 Å². The Morgan fingerprint density at radius 1 is 1.79 bits per heavy atom. The number of rotatable bonds is 4. The molecule has 1 aromatic heterocycles. The minimum atomic E-state index is -0.392. The Hall–Kier alpha value is -1.29. The zero-order valence-electron chi connectivity index (χ0n) is 7.66. The first-order chi connectivity index (χ1) is 6.63. The molecule has 0 bridgehead atoms. The molecule has 1 radical (unpaired) electrons. The molecule has 4 nitrogen and oxygen atoms in total. The number of nitrogens with two attached hydrogens (primary N) is 1. The van der Waals surface area contributed by atoms with Crippen molar-refractivity contribution in [3.05, 3.63) is 29.3 Å². The number of methoxy groups -OCH3 is 1. The highest BCUT2D eigenvalue weighted by Crippen LogP contribution is 2.22. The number of primary amides is 1. The lowest BCUT2D eigenvalue weighted by molar-refractivity contribution is -0.117. The SMILES string of the molecule is COc1ncc([CH]CC(N)=O)cc1Cl.